The molecule has 2 heterocycles. The van der Waals surface area contributed by atoms with Crippen molar-refractivity contribution >= 4 is 5.91 Å². The molecule has 2 rings (SSSR count). The molecule has 0 unspecified atom stereocenters. The number of carbonyl (C=O) groups excluding carboxylic acids is 1. The Labute approximate surface area is 97.3 Å². The Morgan fingerprint density at radius 3 is 2.88 bits per heavy atom. The van der Waals surface area contributed by atoms with Gasteiger partial charge < -0.3 is 9.88 Å². The molecule has 0 saturated carbocycles. The molecule has 1 N–H and O–H groups in total. The number of hydrogen-bond acceptors (Lipinski definition) is 3. The molecule has 0 radical (unpaired) electrons. The molecule has 5 nitrogen and oxygen atoms in total. The summed E-state index contributed by atoms with van der Waals surface area (Å²) in [5, 5.41) is 2.70. The van der Waals surface area contributed by atoms with Crippen LogP contribution in [0.15, 0.2) is 30.9 Å². The van der Waals surface area contributed by atoms with Crippen LogP contribution in [-0.4, -0.2) is 20.4 Å². The smallest absolute Gasteiger partial charge is 0.253 e. The monoisotopic (exact) mass is 234 g/mol. The van der Waals surface area contributed by atoms with Gasteiger partial charge in [-0.15, -0.1) is 0 Å². The number of amides is 1. The fourth-order valence-electron chi connectivity index (χ4n) is 1.34. The molecule has 1 amide bonds. The maximum absolute atomic E-state index is 12.6. The molecule has 0 fully saturated rings. The van der Waals surface area contributed by atoms with Crippen LogP contribution in [0.1, 0.15) is 16.1 Å². The SMILES string of the molecule is Cn1cncc1CNC(=O)c1ccc(F)nc1. The van der Waals surface area contributed by atoms with Crippen LogP contribution in [0.2, 0.25) is 0 Å². The highest BCUT2D eigenvalue weighted by molar-refractivity contribution is 5.93. The van der Waals surface area contributed by atoms with Crippen LogP contribution in [0.4, 0.5) is 4.39 Å². The summed E-state index contributed by atoms with van der Waals surface area (Å²) in [5.41, 5.74) is 1.21. The van der Waals surface area contributed by atoms with E-state index in [2.05, 4.69) is 15.3 Å². The van der Waals surface area contributed by atoms with Gasteiger partial charge in [0, 0.05) is 19.4 Å². The van der Waals surface area contributed by atoms with Gasteiger partial charge in [0.2, 0.25) is 5.95 Å². The number of nitrogens with one attached hydrogen (secondary N) is 1. The molecule has 17 heavy (non-hydrogen) atoms. The van der Waals surface area contributed by atoms with Crippen molar-refractivity contribution in [1.29, 1.82) is 0 Å². The average Bonchev–Trinajstić information content (AvgIpc) is 2.73. The van der Waals surface area contributed by atoms with E-state index in [9.17, 15) is 9.18 Å². The van der Waals surface area contributed by atoms with E-state index in [1.807, 2.05) is 11.6 Å². The summed E-state index contributed by atoms with van der Waals surface area (Å²) >= 11 is 0. The average molecular weight is 234 g/mol. The van der Waals surface area contributed by atoms with E-state index in [0.717, 1.165) is 11.8 Å². The standard InChI is InChI=1S/C11H11FN4O/c1-16-7-13-5-9(16)6-15-11(17)8-2-3-10(12)14-4-8/h2-5,7H,6H2,1H3,(H,15,17). The van der Waals surface area contributed by atoms with Gasteiger partial charge in [-0.25, -0.2) is 9.97 Å². The zero-order valence-electron chi connectivity index (χ0n) is 9.22. The van der Waals surface area contributed by atoms with Gasteiger partial charge >= 0.3 is 0 Å². The molecular weight excluding hydrogens is 223 g/mol. The first-order chi connectivity index (χ1) is 8.16. The summed E-state index contributed by atoms with van der Waals surface area (Å²) in [6.45, 7) is 0.368. The third kappa shape index (κ3) is 2.66. The van der Waals surface area contributed by atoms with Crippen LogP contribution in [0.5, 0.6) is 0 Å². The Morgan fingerprint density at radius 2 is 2.29 bits per heavy atom. The van der Waals surface area contributed by atoms with Crippen molar-refractivity contribution in [2.24, 2.45) is 7.05 Å². The van der Waals surface area contributed by atoms with Crippen molar-refractivity contribution in [2.45, 2.75) is 6.54 Å². The zero-order valence-corrected chi connectivity index (χ0v) is 9.22. The highest BCUT2D eigenvalue weighted by atomic mass is 19.1. The quantitative estimate of drug-likeness (QED) is 0.802. The minimum atomic E-state index is -0.604. The Hall–Kier alpha value is -2.24. The summed E-state index contributed by atoms with van der Waals surface area (Å²) in [6, 6.07) is 2.54. The first-order valence-electron chi connectivity index (χ1n) is 5.02. The Morgan fingerprint density at radius 1 is 1.47 bits per heavy atom. The molecule has 0 aromatic carbocycles. The normalized spacial score (nSPS) is 10.2. The molecule has 0 aliphatic carbocycles. The van der Waals surface area contributed by atoms with Gasteiger partial charge in [0.15, 0.2) is 0 Å². The van der Waals surface area contributed by atoms with E-state index in [4.69, 9.17) is 0 Å². The van der Waals surface area contributed by atoms with Crippen molar-refractivity contribution < 1.29 is 9.18 Å². The van der Waals surface area contributed by atoms with Crippen molar-refractivity contribution in [1.82, 2.24) is 19.9 Å². The fourth-order valence-corrected chi connectivity index (χ4v) is 1.34. The third-order valence-corrected chi connectivity index (χ3v) is 2.34. The van der Waals surface area contributed by atoms with Gasteiger partial charge in [-0.1, -0.05) is 0 Å². The number of pyridine rings is 1. The van der Waals surface area contributed by atoms with E-state index in [-0.39, 0.29) is 5.91 Å². The molecule has 0 bridgehead atoms. The van der Waals surface area contributed by atoms with Crippen LogP contribution in [0, 0.1) is 5.95 Å². The minimum Gasteiger partial charge on any atom is -0.346 e. The van der Waals surface area contributed by atoms with Crippen LogP contribution < -0.4 is 5.32 Å². The van der Waals surface area contributed by atoms with E-state index in [1.54, 1.807) is 12.5 Å². The van der Waals surface area contributed by atoms with Crippen molar-refractivity contribution in [3.63, 3.8) is 0 Å². The van der Waals surface area contributed by atoms with Gasteiger partial charge in [0.05, 0.1) is 24.1 Å². The largest absolute Gasteiger partial charge is 0.346 e. The molecular formula is C11H11FN4O. The molecule has 2 aromatic rings. The van der Waals surface area contributed by atoms with Crippen LogP contribution in [0.25, 0.3) is 0 Å². The lowest BCUT2D eigenvalue weighted by Crippen LogP contribution is -2.24. The lowest BCUT2D eigenvalue weighted by Gasteiger charge is -2.05. The van der Waals surface area contributed by atoms with E-state index in [1.165, 1.54) is 12.3 Å². The fraction of sp³-hybridized carbons (Fsp3) is 0.182. The Kier molecular flexibility index (Phi) is 3.13. The highest BCUT2D eigenvalue weighted by Crippen LogP contribution is 2.00. The summed E-state index contributed by atoms with van der Waals surface area (Å²) in [5.74, 6) is -0.896. The molecule has 2 aromatic heterocycles. The number of halogens is 1. The summed E-state index contributed by atoms with van der Waals surface area (Å²) < 4.78 is 14.4. The van der Waals surface area contributed by atoms with E-state index < -0.39 is 5.95 Å². The van der Waals surface area contributed by atoms with Crippen LogP contribution >= 0.6 is 0 Å². The van der Waals surface area contributed by atoms with Crippen molar-refractivity contribution in [2.75, 3.05) is 0 Å². The molecule has 0 spiro atoms. The number of imidazole rings is 1. The molecule has 88 valence electrons. The maximum Gasteiger partial charge on any atom is 0.253 e. The van der Waals surface area contributed by atoms with Gasteiger partial charge in [-0.3, -0.25) is 4.79 Å². The topological polar surface area (TPSA) is 59.8 Å². The second kappa shape index (κ2) is 4.73. The van der Waals surface area contributed by atoms with Crippen LogP contribution in [-0.2, 0) is 13.6 Å². The van der Waals surface area contributed by atoms with Gasteiger partial charge in [-0.2, -0.15) is 4.39 Å². The van der Waals surface area contributed by atoms with Crippen molar-refractivity contribution in [3.8, 4) is 0 Å². The number of carbonyl (C=O) groups is 1. The second-order valence-corrected chi connectivity index (χ2v) is 3.55. The molecule has 0 aliphatic heterocycles. The minimum absolute atomic E-state index is 0.293. The first kappa shape index (κ1) is 11.3. The molecule has 0 atom stereocenters. The van der Waals surface area contributed by atoms with E-state index >= 15 is 0 Å². The van der Waals surface area contributed by atoms with E-state index in [0.29, 0.717) is 12.1 Å². The molecule has 6 heteroatoms. The molecule has 0 saturated heterocycles. The lowest BCUT2D eigenvalue weighted by molar-refractivity contribution is 0.0949. The summed E-state index contributed by atoms with van der Waals surface area (Å²) in [6.07, 6.45) is 4.53. The second-order valence-electron chi connectivity index (χ2n) is 3.55. The number of nitrogens with zero attached hydrogens (tertiary/aromatic N) is 3. The van der Waals surface area contributed by atoms with Gasteiger partial charge in [0.1, 0.15) is 0 Å². The zero-order chi connectivity index (χ0) is 12.3. The lowest BCUT2D eigenvalue weighted by atomic mass is 10.2. The molecule has 0 aliphatic rings. The van der Waals surface area contributed by atoms with Gasteiger partial charge in [0.25, 0.3) is 5.91 Å². The maximum atomic E-state index is 12.6. The predicted octanol–water partition coefficient (Wildman–Crippen LogP) is 0.884. The van der Waals surface area contributed by atoms with Crippen LogP contribution in [0.3, 0.4) is 0 Å². The van der Waals surface area contributed by atoms with Gasteiger partial charge in [-0.05, 0) is 12.1 Å². The summed E-state index contributed by atoms with van der Waals surface area (Å²) in [4.78, 5) is 19.0. The first-order valence-corrected chi connectivity index (χ1v) is 5.02. The number of rotatable bonds is 3. The third-order valence-electron chi connectivity index (χ3n) is 2.34. The number of aromatic nitrogens is 3. The highest BCUT2D eigenvalue weighted by Gasteiger charge is 2.06. The Balaban J connectivity index is 1.98. The Bertz CT molecular complexity index is 521. The van der Waals surface area contributed by atoms with Crippen molar-refractivity contribution in [3.05, 3.63) is 48.1 Å². The number of hydrogen-bond donors (Lipinski definition) is 1. The summed E-state index contributed by atoms with van der Waals surface area (Å²) in [7, 11) is 1.84. The predicted molar refractivity (Wildman–Crippen MR) is 58.6 cm³/mol. The number of aryl methyl sites for hydroxylation is 1.